The number of carbonyl (C=O) groups is 1. The number of halogens is 1. The van der Waals surface area contributed by atoms with Crippen molar-refractivity contribution in [2.75, 3.05) is 13.1 Å². The minimum absolute atomic E-state index is 0. The lowest BCUT2D eigenvalue weighted by Crippen LogP contribution is -2.23. The van der Waals surface area contributed by atoms with Crippen molar-refractivity contribution in [2.45, 2.75) is 27.0 Å². The first kappa shape index (κ1) is 21.6. The Morgan fingerprint density at radius 3 is 2.15 bits per heavy atom. The predicted octanol–water partition coefficient (Wildman–Crippen LogP) is 4.22. The van der Waals surface area contributed by atoms with Crippen LogP contribution in [0, 0.1) is 10.1 Å². The van der Waals surface area contributed by atoms with Crippen LogP contribution in [0.3, 0.4) is 0 Å². The van der Waals surface area contributed by atoms with Gasteiger partial charge in [0.05, 0.1) is 10.5 Å². The smallest absolute Gasteiger partial charge is 0.338 e. The molecule has 0 amide bonds. The molecule has 2 aromatic rings. The molecular formula is C19H23ClN2O4. The zero-order valence-electron chi connectivity index (χ0n) is 14.9. The minimum atomic E-state index is -0.501. The van der Waals surface area contributed by atoms with Crippen molar-refractivity contribution >= 4 is 24.1 Å². The number of nitro groups is 1. The van der Waals surface area contributed by atoms with Gasteiger partial charge >= 0.3 is 5.97 Å². The lowest BCUT2D eigenvalue weighted by atomic mass is 10.1. The highest BCUT2D eigenvalue weighted by atomic mass is 35.5. The van der Waals surface area contributed by atoms with E-state index < -0.39 is 10.9 Å². The molecule has 0 unspecified atom stereocenters. The summed E-state index contributed by atoms with van der Waals surface area (Å²) in [5.74, 6) is -0.493. The van der Waals surface area contributed by atoms with E-state index in [-0.39, 0.29) is 24.7 Å². The third-order valence-electron chi connectivity index (χ3n) is 4.08. The molecule has 6 nitrogen and oxygen atoms in total. The quantitative estimate of drug-likeness (QED) is 0.390. The fraction of sp³-hybridized carbons (Fsp3) is 0.316. The molecule has 0 N–H and O–H groups in total. The van der Waals surface area contributed by atoms with Crippen LogP contribution in [-0.2, 0) is 17.9 Å². The van der Waals surface area contributed by atoms with Gasteiger partial charge in [-0.05, 0) is 36.3 Å². The van der Waals surface area contributed by atoms with E-state index in [0.717, 1.165) is 30.8 Å². The van der Waals surface area contributed by atoms with Gasteiger partial charge in [-0.15, -0.1) is 12.4 Å². The minimum Gasteiger partial charge on any atom is -0.457 e. The van der Waals surface area contributed by atoms with Crippen LogP contribution in [0.4, 0.5) is 5.69 Å². The SMILES string of the molecule is CCN(CC)Cc1ccccc1COC(=O)c1ccc([N+](=O)[O-])cc1.Cl. The topological polar surface area (TPSA) is 72.7 Å². The van der Waals surface area contributed by atoms with E-state index in [1.807, 2.05) is 24.3 Å². The van der Waals surface area contributed by atoms with Crippen LogP contribution in [-0.4, -0.2) is 28.9 Å². The lowest BCUT2D eigenvalue weighted by Gasteiger charge is -2.20. The maximum absolute atomic E-state index is 12.1. The first-order valence-electron chi connectivity index (χ1n) is 8.25. The first-order valence-corrected chi connectivity index (χ1v) is 8.25. The number of hydrogen-bond acceptors (Lipinski definition) is 5. The van der Waals surface area contributed by atoms with Crippen LogP contribution in [0.2, 0.25) is 0 Å². The Labute approximate surface area is 159 Å². The van der Waals surface area contributed by atoms with Crippen molar-refractivity contribution in [3.63, 3.8) is 0 Å². The number of ether oxygens (including phenoxy) is 1. The molecular weight excluding hydrogens is 356 g/mol. The Morgan fingerprint density at radius 1 is 1.04 bits per heavy atom. The van der Waals surface area contributed by atoms with E-state index in [0.29, 0.717) is 5.56 Å². The molecule has 0 heterocycles. The number of nitro benzene ring substituents is 1. The summed E-state index contributed by atoms with van der Waals surface area (Å²) in [5.41, 5.74) is 2.33. The third kappa shape index (κ3) is 5.82. The number of carbonyl (C=O) groups excluding carboxylic acids is 1. The Morgan fingerprint density at radius 2 is 1.62 bits per heavy atom. The number of benzene rings is 2. The average Bonchev–Trinajstić information content (AvgIpc) is 2.65. The maximum atomic E-state index is 12.1. The summed E-state index contributed by atoms with van der Waals surface area (Å²) in [6.45, 7) is 7.10. The van der Waals surface area contributed by atoms with Crippen molar-refractivity contribution < 1.29 is 14.5 Å². The Bertz CT molecular complexity index is 731. The van der Waals surface area contributed by atoms with Gasteiger partial charge in [0.15, 0.2) is 0 Å². The lowest BCUT2D eigenvalue weighted by molar-refractivity contribution is -0.384. The summed E-state index contributed by atoms with van der Waals surface area (Å²) in [7, 11) is 0. The van der Waals surface area contributed by atoms with E-state index in [9.17, 15) is 14.9 Å². The van der Waals surface area contributed by atoms with E-state index >= 15 is 0 Å². The normalized spacial score (nSPS) is 10.3. The molecule has 26 heavy (non-hydrogen) atoms. The zero-order valence-corrected chi connectivity index (χ0v) is 15.7. The number of nitrogens with zero attached hydrogens (tertiary/aromatic N) is 2. The molecule has 0 aliphatic carbocycles. The summed E-state index contributed by atoms with van der Waals surface area (Å²) in [5, 5.41) is 10.7. The van der Waals surface area contributed by atoms with Gasteiger partial charge in [0.25, 0.3) is 5.69 Å². The largest absolute Gasteiger partial charge is 0.457 e. The molecule has 0 bridgehead atoms. The number of non-ortho nitro benzene ring substituents is 1. The second-order valence-electron chi connectivity index (χ2n) is 5.61. The predicted molar refractivity (Wildman–Crippen MR) is 103 cm³/mol. The molecule has 0 aliphatic heterocycles. The van der Waals surface area contributed by atoms with E-state index in [2.05, 4.69) is 18.7 Å². The van der Waals surface area contributed by atoms with Gasteiger partial charge in [0, 0.05) is 18.7 Å². The summed E-state index contributed by atoms with van der Waals surface area (Å²) in [6.07, 6.45) is 0. The summed E-state index contributed by atoms with van der Waals surface area (Å²) >= 11 is 0. The van der Waals surface area contributed by atoms with Crippen LogP contribution in [0.5, 0.6) is 0 Å². The van der Waals surface area contributed by atoms with Crippen LogP contribution in [0.1, 0.15) is 35.3 Å². The molecule has 0 aromatic heterocycles. The molecule has 2 aromatic carbocycles. The Hall–Kier alpha value is -2.44. The third-order valence-corrected chi connectivity index (χ3v) is 4.08. The molecule has 0 radical (unpaired) electrons. The van der Waals surface area contributed by atoms with Gasteiger partial charge in [0.2, 0.25) is 0 Å². The van der Waals surface area contributed by atoms with Crippen molar-refractivity contribution in [3.8, 4) is 0 Å². The summed E-state index contributed by atoms with van der Waals surface area (Å²) < 4.78 is 5.38. The van der Waals surface area contributed by atoms with Gasteiger partial charge in [-0.1, -0.05) is 38.1 Å². The molecule has 7 heteroatoms. The molecule has 0 saturated heterocycles. The fourth-order valence-corrected chi connectivity index (χ4v) is 2.49. The standard InChI is InChI=1S/C19H22N2O4.ClH/c1-3-20(4-2)13-16-7-5-6-8-17(16)14-25-19(22)15-9-11-18(12-10-15)21(23)24;/h5-12H,3-4,13-14H2,1-2H3;1H. The molecule has 2 rings (SSSR count). The fourth-order valence-electron chi connectivity index (χ4n) is 2.49. The highest BCUT2D eigenvalue weighted by molar-refractivity contribution is 5.89. The van der Waals surface area contributed by atoms with E-state index in [1.165, 1.54) is 24.3 Å². The van der Waals surface area contributed by atoms with Gasteiger partial charge in [-0.2, -0.15) is 0 Å². The van der Waals surface area contributed by atoms with E-state index in [4.69, 9.17) is 4.74 Å². The van der Waals surface area contributed by atoms with Crippen molar-refractivity contribution in [3.05, 3.63) is 75.3 Å². The Balaban J connectivity index is 0.00000338. The first-order chi connectivity index (χ1) is 12.0. The summed E-state index contributed by atoms with van der Waals surface area (Å²) in [6, 6.07) is 13.3. The number of hydrogen-bond donors (Lipinski definition) is 0. The molecule has 0 saturated carbocycles. The Kier molecular flexibility index (Phi) is 8.75. The highest BCUT2D eigenvalue weighted by Gasteiger charge is 2.12. The highest BCUT2D eigenvalue weighted by Crippen LogP contribution is 2.16. The van der Waals surface area contributed by atoms with Gasteiger partial charge in [-0.25, -0.2) is 4.79 Å². The van der Waals surface area contributed by atoms with Crippen LogP contribution < -0.4 is 0 Å². The van der Waals surface area contributed by atoms with Crippen molar-refractivity contribution in [1.29, 1.82) is 0 Å². The van der Waals surface area contributed by atoms with Crippen molar-refractivity contribution in [1.82, 2.24) is 4.90 Å². The number of esters is 1. The molecule has 0 atom stereocenters. The summed E-state index contributed by atoms with van der Waals surface area (Å²) in [4.78, 5) is 24.6. The van der Waals surface area contributed by atoms with Crippen LogP contribution in [0.25, 0.3) is 0 Å². The van der Waals surface area contributed by atoms with Crippen LogP contribution >= 0.6 is 12.4 Å². The van der Waals surface area contributed by atoms with Crippen molar-refractivity contribution in [2.24, 2.45) is 0 Å². The number of rotatable bonds is 8. The maximum Gasteiger partial charge on any atom is 0.338 e. The molecule has 0 fully saturated rings. The monoisotopic (exact) mass is 378 g/mol. The second kappa shape index (κ2) is 10.5. The molecule has 140 valence electrons. The van der Waals surface area contributed by atoms with E-state index in [1.54, 1.807) is 0 Å². The molecule has 0 aliphatic rings. The average molecular weight is 379 g/mol. The molecule has 0 spiro atoms. The van der Waals surface area contributed by atoms with Gasteiger partial charge < -0.3 is 4.74 Å². The van der Waals surface area contributed by atoms with Gasteiger partial charge in [-0.3, -0.25) is 15.0 Å². The van der Waals surface area contributed by atoms with Gasteiger partial charge in [0.1, 0.15) is 6.61 Å². The second-order valence-corrected chi connectivity index (χ2v) is 5.61. The zero-order chi connectivity index (χ0) is 18.2. The van der Waals surface area contributed by atoms with Crippen LogP contribution in [0.15, 0.2) is 48.5 Å².